The molecule has 2 N–H and O–H groups in total. The van der Waals surface area contributed by atoms with Gasteiger partial charge in [0.1, 0.15) is 0 Å². The van der Waals surface area contributed by atoms with E-state index in [1.165, 1.54) is 38.5 Å². The average molecular weight is 373 g/mol. The van der Waals surface area contributed by atoms with Crippen LogP contribution < -0.4 is 5.32 Å². The number of rotatable bonds is 3. The summed E-state index contributed by atoms with van der Waals surface area (Å²) in [4.78, 5) is 0. The number of hydrogen-bond acceptors (Lipinski definition) is 2. The number of anilines is 1. The first kappa shape index (κ1) is 15.6. The third-order valence-electron chi connectivity index (χ3n) is 5.56. The highest BCUT2D eigenvalue weighted by molar-refractivity contribution is 9.10. The molecule has 1 aromatic rings. The topological polar surface area (TPSA) is 32.3 Å². The fraction of sp³-hybridized carbons (Fsp3) is 0.647. The van der Waals surface area contributed by atoms with Gasteiger partial charge in [-0.3, -0.25) is 0 Å². The summed E-state index contributed by atoms with van der Waals surface area (Å²) in [6.07, 6.45) is 10.2. The highest BCUT2D eigenvalue weighted by Gasteiger charge is 2.43. The number of halogens is 2. The van der Waals surface area contributed by atoms with Gasteiger partial charge in [-0.05, 0) is 78.1 Å². The second-order valence-electron chi connectivity index (χ2n) is 6.90. The SMILES string of the molecule is OCC1(Nc2ccc(Cl)c(Br)c2)CCC2(CCCC2)CC1. The summed E-state index contributed by atoms with van der Waals surface area (Å²) in [7, 11) is 0. The molecule has 1 aromatic carbocycles. The fourth-order valence-electron chi connectivity index (χ4n) is 4.09. The van der Waals surface area contributed by atoms with Crippen LogP contribution in [0.15, 0.2) is 22.7 Å². The molecule has 0 bridgehead atoms. The van der Waals surface area contributed by atoms with Crippen molar-refractivity contribution in [2.24, 2.45) is 5.41 Å². The summed E-state index contributed by atoms with van der Waals surface area (Å²) >= 11 is 9.51. The van der Waals surface area contributed by atoms with E-state index in [9.17, 15) is 5.11 Å². The van der Waals surface area contributed by atoms with Crippen LogP contribution in [-0.4, -0.2) is 17.3 Å². The summed E-state index contributed by atoms with van der Waals surface area (Å²) in [5.74, 6) is 0. The van der Waals surface area contributed by atoms with E-state index in [1.54, 1.807) is 0 Å². The maximum atomic E-state index is 9.96. The highest BCUT2D eigenvalue weighted by Crippen LogP contribution is 2.51. The van der Waals surface area contributed by atoms with Gasteiger partial charge in [0.25, 0.3) is 0 Å². The van der Waals surface area contributed by atoms with Gasteiger partial charge in [0.05, 0.1) is 17.2 Å². The van der Waals surface area contributed by atoms with Crippen molar-refractivity contribution in [2.75, 3.05) is 11.9 Å². The lowest BCUT2D eigenvalue weighted by atomic mass is 9.66. The molecular weight excluding hydrogens is 350 g/mol. The summed E-state index contributed by atoms with van der Waals surface area (Å²) < 4.78 is 0.894. The maximum Gasteiger partial charge on any atom is 0.0661 e. The lowest BCUT2D eigenvalue weighted by Gasteiger charge is -2.45. The predicted molar refractivity (Wildman–Crippen MR) is 92.0 cm³/mol. The summed E-state index contributed by atoms with van der Waals surface area (Å²) in [5, 5.41) is 14.3. The van der Waals surface area contributed by atoms with Crippen molar-refractivity contribution in [1.29, 1.82) is 0 Å². The molecule has 21 heavy (non-hydrogen) atoms. The molecule has 1 spiro atoms. The second kappa shape index (κ2) is 6.10. The molecule has 0 radical (unpaired) electrons. The minimum atomic E-state index is -0.166. The Morgan fingerprint density at radius 1 is 1.10 bits per heavy atom. The maximum absolute atomic E-state index is 9.96. The van der Waals surface area contributed by atoms with Gasteiger partial charge < -0.3 is 10.4 Å². The van der Waals surface area contributed by atoms with Gasteiger partial charge in [-0.2, -0.15) is 0 Å². The predicted octanol–water partition coefficient (Wildman–Crippen LogP) is 5.38. The van der Waals surface area contributed by atoms with Gasteiger partial charge in [-0.1, -0.05) is 24.4 Å². The Bertz CT molecular complexity index is 504. The van der Waals surface area contributed by atoms with E-state index in [4.69, 9.17) is 11.6 Å². The number of benzene rings is 1. The molecule has 0 saturated heterocycles. The van der Waals surface area contributed by atoms with E-state index in [0.717, 1.165) is 23.0 Å². The quantitative estimate of drug-likeness (QED) is 0.746. The lowest BCUT2D eigenvalue weighted by molar-refractivity contribution is 0.100. The molecule has 0 unspecified atom stereocenters. The Kier molecular flexibility index (Phi) is 4.54. The van der Waals surface area contributed by atoms with Gasteiger partial charge in [0.15, 0.2) is 0 Å². The Morgan fingerprint density at radius 2 is 1.76 bits per heavy atom. The van der Waals surface area contributed by atoms with Crippen LogP contribution in [-0.2, 0) is 0 Å². The van der Waals surface area contributed by atoms with Crippen molar-refractivity contribution in [3.8, 4) is 0 Å². The Hall–Kier alpha value is -0.250. The normalized spacial score (nSPS) is 23.4. The van der Waals surface area contributed by atoms with Crippen LogP contribution in [0.2, 0.25) is 5.02 Å². The van der Waals surface area contributed by atoms with E-state index >= 15 is 0 Å². The molecule has 2 aliphatic carbocycles. The zero-order chi connectivity index (χ0) is 14.9. The van der Waals surface area contributed by atoms with Gasteiger partial charge in [0.2, 0.25) is 0 Å². The largest absolute Gasteiger partial charge is 0.394 e. The van der Waals surface area contributed by atoms with Crippen LogP contribution in [0.1, 0.15) is 51.4 Å². The van der Waals surface area contributed by atoms with Crippen LogP contribution in [0, 0.1) is 5.41 Å². The van der Waals surface area contributed by atoms with Crippen molar-refractivity contribution in [1.82, 2.24) is 0 Å². The zero-order valence-corrected chi connectivity index (χ0v) is 14.6. The zero-order valence-electron chi connectivity index (χ0n) is 12.3. The molecule has 0 atom stereocenters. The van der Waals surface area contributed by atoms with Crippen molar-refractivity contribution < 1.29 is 5.11 Å². The van der Waals surface area contributed by atoms with E-state index in [2.05, 4.69) is 21.2 Å². The van der Waals surface area contributed by atoms with E-state index < -0.39 is 0 Å². The van der Waals surface area contributed by atoms with Crippen LogP contribution >= 0.6 is 27.5 Å². The number of hydrogen-bond donors (Lipinski definition) is 2. The van der Waals surface area contributed by atoms with Crippen LogP contribution in [0.5, 0.6) is 0 Å². The number of aliphatic hydroxyl groups excluding tert-OH is 1. The average Bonchev–Trinajstić information content (AvgIpc) is 2.95. The molecule has 2 saturated carbocycles. The van der Waals surface area contributed by atoms with Crippen molar-refractivity contribution in [3.63, 3.8) is 0 Å². The third-order valence-corrected chi connectivity index (χ3v) is 6.78. The molecular formula is C17H23BrClNO. The summed E-state index contributed by atoms with van der Waals surface area (Å²) in [5.41, 5.74) is 1.45. The van der Waals surface area contributed by atoms with E-state index in [1.807, 2.05) is 18.2 Å². The molecule has 3 rings (SSSR count). The van der Waals surface area contributed by atoms with Gasteiger partial charge in [-0.25, -0.2) is 0 Å². The summed E-state index contributed by atoms with van der Waals surface area (Å²) in [6.45, 7) is 0.198. The molecule has 0 heterocycles. The van der Waals surface area contributed by atoms with Crippen LogP contribution in [0.3, 0.4) is 0 Å². The minimum absolute atomic E-state index is 0.166. The fourth-order valence-corrected chi connectivity index (χ4v) is 4.58. The van der Waals surface area contributed by atoms with Crippen LogP contribution in [0.25, 0.3) is 0 Å². The van der Waals surface area contributed by atoms with Crippen LogP contribution in [0.4, 0.5) is 5.69 Å². The molecule has 2 nitrogen and oxygen atoms in total. The Balaban J connectivity index is 1.71. The van der Waals surface area contributed by atoms with Gasteiger partial charge >= 0.3 is 0 Å². The Labute approximate surface area is 140 Å². The lowest BCUT2D eigenvalue weighted by Crippen LogP contribution is -2.47. The molecule has 2 aliphatic rings. The summed E-state index contributed by atoms with van der Waals surface area (Å²) in [6, 6.07) is 5.88. The van der Waals surface area contributed by atoms with Gasteiger partial charge in [-0.15, -0.1) is 0 Å². The molecule has 116 valence electrons. The molecule has 0 aromatic heterocycles. The monoisotopic (exact) mass is 371 g/mol. The van der Waals surface area contributed by atoms with E-state index in [0.29, 0.717) is 10.4 Å². The van der Waals surface area contributed by atoms with Crippen molar-refractivity contribution in [2.45, 2.75) is 56.9 Å². The molecule has 4 heteroatoms. The Morgan fingerprint density at radius 3 is 2.33 bits per heavy atom. The van der Waals surface area contributed by atoms with E-state index in [-0.39, 0.29) is 12.1 Å². The van der Waals surface area contributed by atoms with Crippen molar-refractivity contribution in [3.05, 3.63) is 27.7 Å². The van der Waals surface area contributed by atoms with Gasteiger partial charge in [0, 0.05) is 10.2 Å². The molecule has 0 aliphatic heterocycles. The smallest absolute Gasteiger partial charge is 0.0661 e. The minimum Gasteiger partial charge on any atom is -0.394 e. The standard InChI is InChI=1S/C17H23BrClNO/c18-14-11-13(3-4-15(14)19)20-17(12-21)9-7-16(8-10-17)5-1-2-6-16/h3-4,11,20-21H,1-2,5-10,12H2. The molecule has 2 fully saturated rings. The second-order valence-corrected chi connectivity index (χ2v) is 8.16. The first-order valence-corrected chi connectivity index (χ1v) is 9.08. The first-order chi connectivity index (χ1) is 10.1. The number of aliphatic hydroxyl groups is 1. The third kappa shape index (κ3) is 3.25. The highest BCUT2D eigenvalue weighted by atomic mass is 79.9. The molecule has 0 amide bonds. The first-order valence-electron chi connectivity index (χ1n) is 7.91. The van der Waals surface area contributed by atoms with Crippen molar-refractivity contribution >= 4 is 33.2 Å². The number of nitrogens with one attached hydrogen (secondary N) is 1.